The number of nitroso groups, excluding NO2 is 1. The molecule has 0 saturated heterocycles. The molecule has 2 saturated carbocycles. The number of aliphatic hydroxyl groups is 2. The van der Waals surface area contributed by atoms with Gasteiger partial charge in [0.1, 0.15) is 0 Å². The second-order valence-electron chi connectivity index (χ2n) is 9.06. The van der Waals surface area contributed by atoms with Crippen LogP contribution in [0.1, 0.15) is 59.8 Å². The van der Waals surface area contributed by atoms with Crippen LogP contribution in [0.2, 0.25) is 0 Å². The highest BCUT2D eigenvalue weighted by Crippen LogP contribution is 2.61. The van der Waals surface area contributed by atoms with Crippen LogP contribution in [0.15, 0.2) is 29.0 Å². The predicted molar refractivity (Wildman–Crippen MR) is 108 cm³/mol. The maximum atomic E-state index is 11.1. The summed E-state index contributed by atoms with van der Waals surface area (Å²) in [5.41, 5.74) is 1.51. The van der Waals surface area contributed by atoms with Gasteiger partial charge in [0.25, 0.3) is 0 Å². The Morgan fingerprint density at radius 3 is 2.57 bits per heavy atom. The van der Waals surface area contributed by atoms with Crippen molar-refractivity contribution in [3.8, 4) is 0 Å². The monoisotopic (exact) mass is 393 g/mol. The number of esters is 1. The highest BCUT2D eigenvalue weighted by molar-refractivity contribution is 5.90. The SMILES string of the molecule is C=C1CCC2C(C)(CC[C@@H](N=O)[C@@]2(C)CO)C1C.CC(O)C1=CCCOC1=O. The van der Waals surface area contributed by atoms with Gasteiger partial charge < -0.3 is 14.9 Å². The zero-order chi connectivity index (χ0) is 21.1. The van der Waals surface area contributed by atoms with Crippen LogP contribution in [0.5, 0.6) is 0 Å². The first kappa shape index (κ1) is 22.8. The fourth-order valence-corrected chi connectivity index (χ4v) is 5.39. The number of carbonyl (C=O) groups excluding carboxylic acids is 1. The number of nitrogens with zero attached hydrogens (tertiary/aromatic N) is 1. The number of ether oxygens (including phenoxy) is 1. The zero-order valence-corrected chi connectivity index (χ0v) is 17.6. The van der Waals surface area contributed by atoms with Gasteiger partial charge in [-0.2, -0.15) is 4.91 Å². The number of aliphatic hydroxyl groups excluding tert-OH is 2. The van der Waals surface area contributed by atoms with Gasteiger partial charge in [0.15, 0.2) is 0 Å². The molecule has 4 unspecified atom stereocenters. The van der Waals surface area contributed by atoms with E-state index < -0.39 is 6.10 Å². The van der Waals surface area contributed by atoms with E-state index in [-0.39, 0.29) is 29.4 Å². The van der Waals surface area contributed by atoms with Gasteiger partial charge in [-0.3, -0.25) is 0 Å². The van der Waals surface area contributed by atoms with Crippen LogP contribution in [0.25, 0.3) is 0 Å². The minimum Gasteiger partial charge on any atom is -0.462 e. The minimum absolute atomic E-state index is 0.0584. The van der Waals surface area contributed by atoms with E-state index in [1.165, 1.54) is 5.57 Å². The molecule has 1 aliphatic heterocycles. The van der Waals surface area contributed by atoms with Crippen molar-refractivity contribution in [1.29, 1.82) is 0 Å². The fraction of sp³-hybridized carbons (Fsp3) is 0.773. The third-order valence-corrected chi connectivity index (χ3v) is 7.53. The second kappa shape index (κ2) is 8.87. The zero-order valence-electron chi connectivity index (χ0n) is 17.6. The summed E-state index contributed by atoms with van der Waals surface area (Å²) in [5, 5.41) is 22.1. The number of allylic oxidation sites excluding steroid dienone is 1. The summed E-state index contributed by atoms with van der Waals surface area (Å²) in [4.78, 5) is 21.9. The third kappa shape index (κ3) is 4.08. The quantitative estimate of drug-likeness (QED) is 0.432. The molecule has 0 aromatic rings. The Morgan fingerprint density at radius 1 is 1.39 bits per heavy atom. The van der Waals surface area contributed by atoms with Gasteiger partial charge in [0.2, 0.25) is 0 Å². The normalized spacial score (nSPS) is 38.9. The molecule has 28 heavy (non-hydrogen) atoms. The molecule has 3 aliphatic rings. The van der Waals surface area contributed by atoms with Gasteiger partial charge in [0.05, 0.1) is 30.9 Å². The Morgan fingerprint density at radius 2 is 2.07 bits per heavy atom. The Hall–Kier alpha value is -1.53. The molecule has 6 nitrogen and oxygen atoms in total. The van der Waals surface area contributed by atoms with Crippen LogP contribution in [-0.2, 0) is 9.53 Å². The summed E-state index contributed by atoms with van der Waals surface area (Å²) in [6.45, 7) is 12.9. The van der Waals surface area contributed by atoms with Crippen molar-refractivity contribution in [2.75, 3.05) is 13.2 Å². The lowest BCUT2D eigenvalue weighted by Crippen LogP contribution is -2.56. The van der Waals surface area contributed by atoms with Gasteiger partial charge in [0, 0.05) is 11.8 Å². The molecule has 6 atom stereocenters. The van der Waals surface area contributed by atoms with Crippen LogP contribution >= 0.6 is 0 Å². The van der Waals surface area contributed by atoms with Crippen LogP contribution in [0, 0.1) is 27.6 Å². The van der Waals surface area contributed by atoms with Crippen LogP contribution < -0.4 is 0 Å². The molecule has 158 valence electrons. The van der Waals surface area contributed by atoms with Gasteiger partial charge >= 0.3 is 5.97 Å². The van der Waals surface area contributed by atoms with Crippen molar-refractivity contribution in [2.45, 2.75) is 71.9 Å². The van der Waals surface area contributed by atoms with Crippen molar-refractivity contribution in [2.24, 2.45) is 27.8 Å². The van der Waals surface area contributed by atoms with Crippen LogP contribution in [0.3, 0.4) is 0 Å². The van der Waals surface area contributed by atoms with Crippen LogP contribution in [0.4, 0.5) is 0 Å². The van der Waals surface area contributed by atoms with Gasteiger partial charge in [-0.05, 0) is 49.9 Å². The lowest BCUT2D eigenvalue weighted by molar-refractivity contribution is -0.140. The molecule has 2 fully saturated rings. The molecule has 0 spiro atoms. The Kier molecular flexibility index (Phi) is 7.21. The predicted octanol–water partition coefficient (Wildman–Crippen LogP) is 3.76. The van der Waals surface area contributed by atoms with E-state index in [0.717, 1.165) is 25.7 Å². The van der Waals surface area contributed by atoms with Gasteiger partial charge in [-0.25, -0.2) is 4.79 Å². The Balaban J connectivity index is 0.000000237. The molecule has 0 aromatic carbocycles. The molecule has 0 aromatic heterocycles. The standard InChI is InChI=1S/C15H25NO2.C7H10O3/c1-10-5-6-12-14(3,11(10)2)8-7-13(16-18)15(12,4)9-17;1-5(8)6-3-2-4-10-7(6)9/h11-13,17H,1,5-9H2,2-4H3;3,5,8H,2,4H2,1H3/t11?,12?,13-,14?,15+;/m1./s1. The average Bonchev–Trinajstić information content (AvgIpc) is 2.66. The van der Waals surface area contributed by atoms with Gasteiger partial charge in [-0.1, -0.05) is 44.2 Å². The number of carbonyl (C=O) groups is 1. The van der Waals surface area contributed by atoms with E-state index in [0.29, 0.717) is 30.4 Å². The maximum Gasteiger partial charge on any atom is 0.336 e. The van der Waals surface area contributed by atoms with Crippen molar-refractivity contribution >= 4 is 5.97 Å². The first-order valence-corrected chi connectivity index (χ1v) is 10.3. The molecular formula is C22H35NO5. The summed E-state index contributed by atoms with van der Waals surface area (Å²) in [5.74, 6) is 0.447. The number of rotatable bonds is 3. The molecule has 6 heteroatoms. The Bertz CT molecular complexity index is 635. The van der Waals surface area contributed by atoms with Crippen molar-refractivity contribution in [1.82, 2.24) is 0 Å². The first-order chi connectivity index (χ1) is 13.1. The van der Waals surface area contributed by atoms with Crippen molar-refractivity contribution in [3.05, 3.63) is 28.7 Å². The highest BCUT2D eigenvalue weighted by atomic mass is 16.5. The molecule has 0 bridgehead atoms. The van der Waals surface area contributed by atoms with Crippen molar-refractivity contribution < 1.29 is 19.7 Å². The molecular weight excluding hydrogens is 358 g/mol. The van der Waals surface area contributed by atoms with E-state index in [4.69, 9.17) is 5.11 Å². The summed E-state index contributed by atoms with van der Waals surface area (Å²) in [7, 11) is 0. The second-order valence-corrected chi connectivity index (χ2v) is 9.06. The lowest BCUT2D eigenvalue weighted by Gasteiger charge is -2.58. The third-order valence-electron chi connectivity index (χ3n) is 7.53. The molecule has 0 amide bonds. The smallest absolute Gasteiger partial charge is 0.336 e. The number of cyclic esters (lactones) is 1. The van der Waals surface area contributed by atoms with E-state index in [2.05, 4.69) is 30.3 Å². The largest absolute Gasteiger partial charge is 0.462 e. The number of fused-ring (bicyclic) bond motifs is 1. The summed E-state index contributed by atoms with van der Waals surface area (Å²) in [6, 6.07) is -0.237. The van der Waals surface area contributed by atoms with E-state index in [9.17, 15) is 14.8 Å². The number of hydrogen-bond acceptors (Lipinski definition) is 6. The fourth-order valence-electron chi connectivity index (χ4n) is 5.39. The van der Waals surface area contributed by atoms with Crippen LogP contribution in [-0.4, -0.2) is 41.5 Å². The topological polar surface area (TPSA) is 96.2 Å². The Labute approximate surface area is 168 Å². The molecule has 3 rings (SSSR count). The van der Waals surface area contributed by atoms with Crippen molar-refractivity contribution in [3.63, 3.8) is 0 Å². The lowest BCUT2D eigenvalue weighted by atomic mass is 9.46. The summed E-state index contributed by atoms with van der Waals surface area (Å²) in [6.07, 6.45) is 5.59. The van der Waals surface area contributed by atoms with E-state index in [1.54, 1.807) is 13.0 Å². The maximum absolute atomic E-state index is 11.1. The van der Waals surface area contributed by atoms with E-state index in [1.807, 2.05) is 6.92 Å². The average molecular weight is 394 g/mol. The molecule has 0 radical (unpaired) electrons. The molecule has 2 aliphatic carbocycles. The number of hydrogen-bond donors (Lipinski definition) is 2. The summed E-state index contributed by atoms with van der Waals surface area (Å²) < 4.78 is 4.68. The first-order valence-electron chi connectivity index (χ1n) is 10.3. The molecule has 2 N–H and O–H groups in total. The molecule has 1 heterocycles. The highest BCUT2D eigenvalue weighted by Gasteiger charge is 2.57. The van der Waals surface area contributed by atoms with E-state index >= 15 is 0 Å². The van der Waals surface area contributed by atoms with Gasteiger partial charge in [-0.15, -0.1) is 0 Å². The summed E-state index contributed by atoms with van der Waals surface area (Å²) >= 11 is 0. The minimum atomic E-state index is -0.701.